The van der Waals surface area contributed by atoms with Gasteiger partial charge in [-0.3, -0.25) is 4.79 Å². The molecule has 142 valence electrons. The van der Waals surface area contributed by atoms with Crippen molar-refractivity contribution < 1.29 is 9.53 Å². The number of ether oxygens (including phenoxy) is 1. The van der Waals surface area contributed by atoms with Gasteiger partial charge in [-0.1, -0.05) is 6.07 Å². The maximum absolute atomic E-state index is 11.8. The predicted octanol–water partition coefficient (Wildman–Crippen LogP) is 4.32. The summed E-state index contributed by atoms with van der Waals surface area (Å²) in [5.74, 6) is 2.39. The smallest absolute Gasteiger partial charge is 0.227 e. The Hall–Kier alpha value is -3.61. The number of benzene rings is 2. The van der Waals surface area contributed by atoms with E-state index in [9.17, 15) is 4.79 Å². The fourth-order valence-electron chi connectivity index (χ4n) is 2.72. The lowest BCUT2D eigenvalue weighted by atomic mass is 10.2. The number of rotatable bonds is 7. The summed E-state index contributed by atoms with van der Waals surface area (Å²) in [7, 11) is 1.63. The third kappa shape index (κ3) is 4.56. The molecule has 0 spiro atoms. The zero-order valence-electron chi connectivity index (χ0n) is 15.5. The van der Waals surface area contributed by atoms with E-state index in [2.05, 4.69) is 25.9 Å². The van der Waals surface area contributed by atoms with Crippen LogP contribution in [0.4, 0.5) is 28.7 Å². The molecule has 7 heteroatoms. The number of aromatic nitrogens is 2. The van der Waals surface area contributed by atoms with Gasteiger partial charge in [-0.2, -0.15) is 0 Å². The van der Waals surface area contributed by atoms with Crippen LogP contribution in [0.2, 0.25) is 0 Å². The van der Waals surface area contributed by atoms with E-state index in [1.165, 1.54) is 6.33 Å². The van der Waals surface area contributed by atoms with Gasteiger partial charge < -0.3 is 20.7 Å². The SMILES string of the molecule is COc1cccc(Nc2cc(Nc3ccc(NC(=O)C4CC4)cc3)ncn2)c1. The molecule has 1 aromatic heterocycles. The summed E-state index contributed by atoms with van der Waals surface area (Å²) in [6.07, 6.45) is 3.48. The fraction of sp³-hybridized carbons (Fsp3) is 0.190. The quantitative estimate of drug-likeness (QED) is 0.570. The highest BCUT2D eigenvalue weighted by atomic mass is 16.5. The van der Waals surface area contributed by atoms with Gasteiger partial charge in [-0.25, -0.2) is 9.97 Å². The molecule has 1 heterocycles. The maximum Gasteiger partial charge on any atom is 0.227 e. The first-order valence-electron chi connectivity index (χ1n) is 9.11. The number of anilines is 5. The first kappa shape index (κ1) is 17.8. The second-order valence-corrected chi connectivity index (χ2v) is 6.61. The number of nitrogens with zero attached hydrogens (tertiary/aromatic N) is 2. The molecule has 0 saturated heterocycles. The fourth-order valence-corrected chi connectivity index (χ4v) is 2.72. The lowest BCUT2D eigenvalue weighted by Crippen LogP contribution is -2.13. The van der Waals surface area contributed by atoms with E-state index < -0.39 is 0 Å². The van der Waals surface area contributed by atoms with Gasteiger partial charge in [0.05, 0.1) is 7.11 Å². The van der Waals surface area contributed by atoms with Gasteiger partial charge in [-0.15, -0.1) is 0 Å². The number of carbonyl (C=O) groups is 1. The summed E-state index contributed by atoms with van der Waals surface area (Å²) in [6.45, 7) is 0. The summed E-state index contributed by atoms with van der Waals surface area (Å²) in [5, 5.41) is 9.40. The number of hydrogen-bond acceptors (Lipinski definition) is 6. The van der Waals surface area contributed by atoms with Gasteiger partial charge in [-0.05, 0) is 49.2 Å². The highest BCUT2D eigenvalue weighted by Crippen LogP contribution is 2.30. The van der Waals surface area contributed by atoms with Crippen molar-refractivity contribution in [1.82, 2.24) is 9.97 Å². The van der Waals surface area contributed by atoms with Crippen LogP contribution in [0.15, 0.2) is 60.9 Å². The molecule has 4 rings (SSSR count). The molecule has 1 saturated carbocycles. The van der Waals surface area contributed by atoms with Crippen LogP contribution < -0.4 is 20.7 Å². The number of carbonyl (C=O) groups excluding carboxylic acids is 1. The van der Waals surface area contributed by atoms with E-state index in [4.69, 9.17) is 4.74 Å². The molecule has 0 unspecified atom stereocenters. The van der Waals surface area contributed by atoms with Crippen LogP contribution in [0, 0.1) is 5.92 Å². The molecule has 3 N–H and O–H groups in total. The predicted molar refractivity (Wildman–Crippen MR) is 109 cm³/mol. The van der Waals surface area contributed by atoms with Crippen molar-refractivity contribution in [2.75, 3.05) is 23.1 Å². The molecule has 2 aromatic carbocycles. The van der Waals surface area contributed by atoms with Gasteiger partial charge >= 0.3 is 0 Å². The molecule has 3 aromatic rings. The summed E-state index contributed by atoms with van der Waals surface area (Å²) >= 11 is 0. The summed E-state index contributed by atoms with van der Waals surface area (Å²) in [4.78, 5) is 20.3. The van der Waals surface area contributed by atoms with Gasteiger partial charge in [0.15, 0.2) is 0 Å². The third-order valence-corrected chi connectivity index (χ3v) is 4.38. The summed E-state index contributed by atoms with van der Waals surface area (Å²) in [6, 6.07) is 17.0. The third-order valence-electron chi connectivity index (χ3n) is 4.38. The Kier molecular flexibility index (Phi) is 5.05. The van der Waals surface area contributed by atoms with Crippen LogP contribution in [-0.2, 0) is 4.79 Å². The topological polar surface area (TPSA) is 88.2 Å². The van der Waals surface area contributed by atoms with Crippen molar-refractivity contribution in [3.63, 3.8) is 0 Å². The van der Waals surface area contributed by atoms with Crippen LogP contribution in [0.25, 0.3) is 0 Å². The lowest BCUT2D eigenvalue weighted by molar-refractivity contribution is -0.117. The van der Waals surface area contributed by atoms with Crippen molar-refractivity contribution in [1.29, 1.82) is 0 Å². The molecule has 7 nitrogen and oxygen atoms in total. The van der Waals surface area contributed by atoms with E-state index in [1.807, 2.05) is 54.6 Å². The number of nitrogens with one attached hydrogen (secondary N) is 3. The molecular weight excluding hydrogens is 354 g/mol. The van der Waals surface area contributed by atoms with Gasteiger partial charge in [0, 0.05) is 35.1 Å². The first-order valence-corrected chi connectivity index (χ1v) is 9.11. The minimum atomic E-state index is 0.102. The molecule has 0 bridgehead atoms. The second-order valence-electron chi connectivity index (χ2n) is 6.61. The number of amides is 1. The van der Waals surface area contributed by atoms with E-state index in [-0.39, 0.29) is 11.8 Å². The Morgan fingerprint density at radius 1 is 0.929 bits per heavy atom. The zero-order chi connectivity index (χ0) is 19.3. The molecule has 28 heavy (non-hydrogen) atoms. The Balaban J connectivity index is 1.40. The van der Waals surface area contributed by atoms with Crippen molar-refractivity contribution >= 4 is 34.6 Å². The van der Waals surface area contributed by atoms with Crippen molar-refractivity contribution in [2.24, 2.45) is 5.92 Å². The molecule has 0 aliphatic heterocycles. The number of methoxy groups -OCH3 is 1. The van der Waals surface area contributed by atoms with Crippen molar-refractivity contribution in [3.05, 3.63) is 60.9 Å². The highest BCUT2D eigenvalue weighted by molar-refractivity contribution is 5.94. The Morgan fingerprint density at radius 2 is 1.61 bits per heavy atom. The molecule has 1 aliphatic carbocycles. The zero-order valence-corrected chi connectivity index (χ0v) is 15.5. The Bertz CT molecular complexity index is 971. The van der Waals surface area contributed by atoms with Crippen LogP contribution >= 0.6 is 0 Å². The van der Waals surface area contributed by atoms with Gasteiger partial charge in [0.1, 0.15) is 23.7 Å². The van der Waals surface area contributed by atoms with Crippen LogP contribution in [-0.4, -0.2) is 23.0 Å². The van der Waals surface area contributed by atoms with Crippen LogP contribution in [0.1, 0.15) is 12.8 Å². The summed E-state index contributed by atoms with van der Waals surface area (Å²) in [5.41, 5.74) is 2.54. The van der Waals surface area contributed by atoms with E-state index >= 15 is 0 Å². The molecule has 1 aliphatic rings. The minimum absolute atomic E-state index is 0.102. The van der Waals surface area contributed by atoms with Crippen molar-refractivity contribution in [2.45, 2.75) is 12.8 Å². The molecule has 1 amide bonds. The van der Waals surface area contributed by atoms with E-state index in [0.29, 0.717) is 11.6 Å². The van der Waals surface area contributed by atoms with E-state index in [1.54, 1.807) is 7.11 Å². The first-order chi connectivity index (χ1) is 13.7. The molecule has 1 fully saturated rings. The Labute approximate surface area is 163 Å². The standard InChI is InChI=1S/C21H21N5O2/c1-28-18-4-2-3-17(11-18)25-20-12-19(22-13-23-20)24-15-7-9-16(10-8-15)26-21(27)14-5-6-14/h2-4,7-14H,5-6H2,1H3,(H,26,27)(H2,22,23,24,25). The summed E-state index contributed by atoms with van der Waals surface area (Å²) < 4.78 is 5.23. The minimum Gasteiger partial charge on any atom is -0.497 e. The average molecular weight is 375 g/mol. The van der Waals surface area contributed by atoms with Crippen LogP contribution in [0.5, 0.6) is 5.75 Å². The number of hydrogen-bond donors (Lipinski definition) is 3. The normalized spacial score (nSPS) is 12.9. The molecule has 0 atom stereocenters. The highest BCUT2D eigenvalue weighted by Gasteiger charge is 2.29. The van der Waals surface area contributed by atoms with Crippen molar-refractivity contribution in [3.8, 4) is 5.75 Å². The van der Waals surface area contributed by atoms with Gasteiger partial charge in [0.25, 0.3) is 0 Å². The Morgan fingerprint density at radius 3 is 2.29 bits per heavy atom. The maximum atomic E-state index is 11.8. The largest absolute Gasteiger partial charge is 0.497 e. The monoisotopic (exact) mass is 375 g/mol. The van der Waals surface area contributed by atoms with Crippen LogP contribution in [0.3, 0.4) is 0 Å². The lowest BCUT2D eigenvalue weighted by Gasteiger charge is -2.10. The second kappa shape index (κ2) is 7.96. The van der Waals surface area contributed by atoms with E-state index in [0.717, 1.165) is 35.7 Å². The molecular formula is C21H21N5O2. The molecule has 0 radical (unpaired) electrons. The average Bonchev–Trinajstić information content (AvgIpc) is 3.55. The van der Waals surface area contributed by atoms with Gasteiger partial charge in [0.2, 0.25) is 5.91 Å².